The Hall–Kier alpha value is -4.24. The lowest BCUT2D eigenvalue weighted by Gasteiger charge is -2.42. The molecule has 39 heavy (non-hydrogen) atoms. The van der Waals surface area contributed by atoms with Gasteiger partial charge in [0.05, 0.1) is 17.5 Å². The maximum Gasteiger partial charge on any atom is 0.426 e. The summed E-state index contributed by atoms with van der Waals surface area (Å²) >= 11 is 5.51. The molecule has 1 heterocycles. The molecule has 0 radical (unpaired) electrons. The van der Waals surface area contributed by atoms with Gasteiger partial charge in [-0.15, -0.1) is 0 Å². The summed E-state index contributed by atoms with van der Waals surface area (Å²) in [4.78, 5) is 27.0. The van der Waals surface area contributed by atoms with E-state index in [0.717, 1.165) is 17.1 Å². The average molecular weight is 564 g/mol. The fourth-order valence-electron chi connectivity index (χ4n) is 3.63. The largest absolute Gasteiger partial charge is 0.443 e. The van der Waals surface area contributed by atoms with Crippen molar-refractivity contribution in [2.24, 2.45) is 0 Å². The summed E-state index contributed by atoms with van der Waals surface area (Å²) in [5.41, 5.74) is -0.747. The van der Waals surface area contributed by atoms with Gasteiger partial charge in [0.1, 0.15) is 35.5 Å². The molecule has 0 saturated carbocycles. The molecular weight excluding hydrogens is 536 g/mol. The molecule has 0 aliphatic heterocycles. The van der Waals surface area contributed by atoms with E-state index in [2.05, 4.69) is 20.8 Å². The standard InChI is InChI=1S/C24H27F2N7O5S/c1-15(24(35,12-31-14-27-13-28-31)19-10-5-16(25)11-20(19)26)32(30-22(34)38-23(2,3)4)21(39)29-17-6-8-18(9-7-17)33(36)37/h5-11,13-15,35H,12H2,1-4H3,(H,29,39)(H,30,34). The normalized spacial score (nSPS) is 13.6. The van der Waals surface area contributed by atoms with Gasteiger partial charge in [-0.05, 0) is 58.1 Å². The molecule has 0 saturated heterocycles. The van der Waals surface area contributed by atoms with E-state index in [0.29, 0.717) is 11.8 Å². The Labute approximate surface area is 227 Å². The number of non-ortho nitro benzene ring substituents is 1. The molecular formula is C24H27F2N7O5S. The van der Waals surface area contributed by atoms with E-state index in [9.17, 15) is 24.4 Å². The number of benzene rings is 2. The number of halogens is 2. The van der Waals surface area contributed by atoms with E-state index in [1.807, 2.05) is 0 Å². The number of nitro groups is 1. The highest BCUT2D eigenvalue weighted by molar-refractivity contribution is 7.80. The number of hydrogen-bond donors (Lipinski definition) is 3. The lowest BCUT2D eigenvalue weighted by Crippen LogP contribution is -2.61. The first-order chi connectivity index (χ1) is 18.2. The minimum absolute atomic E-state index is 0.155. The minimum Gasteiger partial charge on any atom is -0.443 e. The van der Waals surface area contributed by atoms with Gasteiger partial charge < -0.3 is 15.2 Å². The van der Waals surface area contributed by atoms with E-state index < -0.39 is 39.9 Å². The first-order valence-electron chi connectivity index (χ1n) is 11.5. The number of nitro benzene ring substituents is 1. The Morgan fingerprint density at radius 2 is 1.92 bits per heavy atom. The Morgan fingerprint density at radius 1 is 1.26 bits per heavy atom. The number of ether oxygens (including phenoxy) is 1. The van der Waals surface area contributed by atoms with Crippen molar-refractivity contribution < 1.29 is 28.3 Å². The molecule has 3 rings (SSSR count). The van der Waals surface area contributed by atoms with Crippen molar-refractivity contribution in [3.05, 3.63) is 82.4 Å². The molecule has 0 aliphatic rings. The minimum atomic E-state index is -2.18. The fraction of sp³-hybridized carbons (Fsp3) is 0.333. The molecule has 208 valence electrons. The summed E-state index contributed by atoms with van der Waals surface area (Å²) in [6.45, 7) is 6.00. The van der Waals surface area contributed by atoms with Gasteiger partial charge >= 0.3 is 6.09 Å². The van der Waals surface area contributed by atoms with Crippen molar-refractivity contribution >= 4 is 34.8 Å². The molecule has 1 aromatic heterocycles. The van der Waals surface area contributed by atoms with E-state index in [1.54, 1.807) is 20.8 Å². The first-order valence-corrected chi connectivity index (χ1v) is 11.9. The zero-order chi connectivity index (χ0) is 29.0. The molecule has 0 bridgehead atoms. The lowest BCUT2D eigenvalue weighted by molar-refractivity contribution is -0.384. The molecule has 2 unspecified atom stereocenters. The van der Waals surface area contributed by atoms with Crippen molar-refractivity contribution in [2.45, 2.75) is 51.5 Å². The van der Waals surface area contributed by atoms with E-state index in [1.165, 1.54) is 48.5 Å². The van der Waals surface area contributed by atoms with Gasteiger partial charge in [0.25, 0.3) is 5.69 Å². The second kappa shape index (κ2) is 11.7. The van der Waals surface area contributed by atoms with Crippen molar-refractivity contribution in [3.8, 4) is 0 Å². The number of carbonyl (C=O) groups is 1. The number of hydrogen-bond acceptors (Lipinski definition) is 8. The number of nitrogens with one attached hydrogen (secondary N) is 2. The Kier molecular flexibility index (Phi) is 8.76. The van der Waals surface area contributed by atoms with Crippen molar-refractivity contribution in [1.82, 2.24) is 25.2 Å². The number of carbonyl (C=O) groups excluding carboxylic acids is 1. The summed E-state index contributed by atoms with van der Waals surface area (Å²) in [5, 5.41) is 30.6. The smallest absolute Gasteiger partial charge is 0.426 e. The second-order valence-corrected chi connectivity index (χ2v) is 9.92. The fourth-order valence-corrected chi connectivity index (χ4v) is 3.95. The highest BCUT2D eigenvalue weighted by Gasteiger charge is 2.44. The van der Waals surface area contributed by atoms with E-state index in [4.69, 9.17) is 17.0 Å². The molecule has 0 spiro atoms. The third kappa shape index (κ3) is 7.42. The second-order valence-electron chi connectivity index (χ2n) is 9.54. The van der Waals surface area contributed by atoms with Crippen LogP contribution in [-0.2, 0) is 16.9 Å². The molecule has 2 atom stereocenters. The van der Waals surface area contributed by atoms with Crippen molar-refractivity contribution in [3.63, 3.8) is 0 Å². The summed E-state index contributed by atoms with van der Waals surface area (Å²) in [6.07, 6.45) is 1.56. The number of aromatic nitrogens is 3. The lowest BCUT2D eigenvalue weighted by atomic mass is 9.86. The van der Waals surface area contributed by atoms with Crippen LogP contribution in [0.1, 0.15) is 33.3 Å². The Morgan fingerprint density at radius 3 is 2.46 bits per heavy atom. The predicted octanol–water partition coefficient (Wildman–Crippen LogP) is 3.88. The number of nitrogens with zero attached hydrogens (tertiary/aromatic N) is 5. The van der Waals surface area contributed by atoms with Crippen LogP contribution in [0, 0.1) is 21.7 Å². The van der Waals surface area contributed by atoms with Crippen LogP contribution in [0.5, 0.6) is 0 Å². The van der Waals surface area contributed by atoms with Gasteiger partial charge in [-0.1, -0.05) is 6.07 Å². The molecule has 2 aromatic carbocycles. The number of aliphatic hydroxyl groups is 1. The Bertz CT molecular complexity index is 1340. The molecule has 3 aromatic rings. The van der Waals surface area contributed by atoms with Gasteiger partial charge in [0.2, 0.25) is 0 Å². The van der Waals surface area contributed by atoms with Gasteiger partial charge in [0.15, 0.2) is 5.11 Å². The third-order valence-corrected chi connectivity index (χ3v) is 5.80. The number of thiocarbonyl (C=S) groups is 1. The topological polar surface area (TPSA) is 148 Å². The van der Waals surface area contributed by atoms with Crippen LogP contribution in [0.25, 0.3) is 0 Å². The van der Waals surface area contributed by atoms with Crippen molar-refractivity contribution in [2.75, 3.05) is 5.32 Å². The average Bonchev–Trinajstić information content (AvgIpc) is 3.34. The molecule has 15 heteroatoms. The van der Waals surface area contributed by atoms with Gasteiger partial charge in [0, 0.05) is 29.4 Å². The first kappa shape index (κ1) is 29.3. The highest BCUT2D eigenvalue weighted by Crippen LogP contribution is 2.33. The van der Waals surface area contributed by atoms with Gasteiger partial charge in [-0.25, -0.2) is 28.7 Å². The van der Waals surface area contributed by atoms with Crippen LogP contribution >= 0.6 is 12.2 Å². The quantitative estimate of drug-likeness (QED) is 0.220. The highest BCUT2D eigenvalue weighted by atomic mass is 32.1. The molecule has 0 fully saturated rings. The zero-order valence-electron chi connectivity index (χ0n) is 21.5. The van der Waals surface area contributed by atoms with Crippen LogP contribution in [0.15, 0.2) is 55.1 Å². The predicted molar refractivity (Wildman–Crippen MR) is 140 cm³/mol. The molecule has 0 aliphatic carbocycles. The summed E-state index contributed by atoms with van der Waals surface area (Å²) in [5.74, 6) is -1.90. The van der Waals surface area contributed by atoms with Crippen LogP contribution in [0.3, 0.4) is 0 Å². The zero-order valence-corrected chi connectivity index (χ0v) is 22.3. The van der Waals surface area contributed by atoms with Crippen molar-refractivity contribution in [1.29, 1.82) is 0 Å². The van der Waals surface area contributed by atoms with Gasteiger partial charge in [-0.2, -0.15) is 5.10 Å². The van der Waals surface area contributed by atoms with Crippen LogP contribution in [0.2, 0.25) is 0 Å². The monoisotopic (exact) mass is 563 g/mol. The summed E-state index contributed by atoms with van der Waals surface area (Å²) in [7, 11) is 0. The third-order valence-electron chi connectivity index (χ3n) is 5.50. The summed E-state index contributed by atoms with van der Waals surface area (Å²) in [6, 6.07) is 6.71. The SMILES string of the molecule is CC(N(NC(=O)OC(C)(C)C)C(=S)Nc1ccc([N+](=O)[O-])cc1)C(O)(Cn1cncn1)c1ccc(F)cc1F. The number of hydrazine groups is 1. The maximum absolute atomic E-state index is 15.1. The van der Waals surface area contributed by atoms with Gasteiger partial charge in [-0.3, -0.25) is 15.1 Å². The van der Waals surface area contributed by atoms with E-state index in [-0.39, 0.29) is 22.9 Å². The van der Waals surface area contributed by atoms with Crippen LogP contribution in [-0.4, -0.2) is 52.7 Å². The van der Waals surface area contributed by atoms with Crippen LogP contribution < -0.4 is 10.7 Å². The number of rotatable bonds is 7. The van der Waals surface area contributed by atoms with E-state index >= 15 is 4.39 Å². The number of amides is 1. The molecule has 12 nitrogen and oxygen atoms in total. The Balaban J connectivity index is 2.03. The molecule has 1 amide bonds. The summed E-state index contributed by atoms with van der Waals surface area (Å²) < 4.78 is 35.4. The maximum atomic E-state index is 15.1. The molecule has 3 N–H and O–H groups in total. The number of anilines is 1. The van der Waals surface area contributed by atoms with Crippen LogP contribution in [0.4, 0.5) is 25.0 Å².